The summed E-state index contributed by atoms with van der Waals surface area (Å²) in [5.41, 5.74) is 2.11. The number of hydrogen-bond acceptors (Lipinski definition) is 3. The van der Waals surface area contributed by atoms with E-state index >= 15 is 0 Å². The maximum Gasteiger partial charge on any atom is 0.152 e. The molecule has 0 bridgehead atoms. The van der Waals surface area contributed by atoms with E-state index in [1.54, 1.807) is 0 Å². The second-order valence-corrected chi connectivity index (χ2v) is 5.65. The number of rotatable bonds is 7. The van der Waals surface area contributed by atoms with Crippen LogP contribution in [0.5, 0.6) is 0 Å². The molecular formula is C19H21FO3. The molecule has 0 N–H and O–H groups in total. The summed E-state index contributed by atoms with van der Waals surface area (Å²) in [4.78, 5) is 0. The summed E-state index contributed by atoms with van der Waals surface area (Å²) in [7, 11) is 0. The zero-order chi connectivity index (χ0) is 15.9. The number of alkyl halides is 1. The summed E-state index contributed by atoms with van der Waals surface area (Å²) in [6.07, 6.45) is -2.05. The van der Waals surface area contributed by atoms with Crippen molar-refractivity contribution in [2.24, 2.45) is 0 Å². The van der Waals surface area contributed by atoms with Gasteiger partial charge in [0.2, 0.25) is 0 Å². The quantitative estimate of drug-likeness (QED) is 0.782. The standard InChI is InChI=1S/C19H21FO3/c20-17-13-22-18(14-21-11-15-7-3-1-4-8-15)19(17)23-12-16-9-5-2-6-10-16/h1-10,17-19H,11-14H2. The second-order valence-electron chi connectivity index (χ2n) is 5.65. The van der Waals surface area contributed by atoms with E-state index in [0.29, 0.717) is 19.8 Å². The van der Waals surface area contributed by atoms with Crippen LogP contribution in [0.4, 0.5) is 4.39 Å². The molecule has 0 aromatic heterocycles. The third-order valence-corrected chi connectivity index (χ3v) is 3.87. The van der Waals surface area contributed by atoms with Crippen LogP contribution in [0.2, 0.25) is 0 Å². The molecule has 3 unspecified atom stereocenters. The molecule has 3 nitrogen and oxygen atoms in total. The van der Waals surface area contributed by atoms with Crippen molar-refractivity contribution in [3.8, 4) is 0 Å². The minimum absolute atomic E-state index is 0.0683. The maximum absolute atomic E-state index is 14.0. The highest BCUT2D eigenvalue weighted by molar-refractivity contribution is 5.14. The van der Waals surface area contributed by atoms with E-state index in [1.165, 1.54) is 0 Å². The van der Waals surface area contributed by atoms with Gasteiger partial charge >= 0.3 is 0 Å². The first-order valence-electron chi connectivity index (χ1n) is 7.86. The molecular weight excluding hydrogens is 295 g/mol. The molecule has 1 fully saturated rings. The van der Waals surface area contributed by atoms with Crippen LogP contribution < -0.4 is 0 Å². The van der Waals surface area contributed by atoms with E-state index in [1.807, 2.05) is 60.7 Å². The van der Waals surface area contributed by atoms with E-state index in [2.05, 4.69) is 0 Å². The van der Waals surface area contributed by atoms with Gasteiger partial charge in [0.25, 0.3) is 0 Å². The van der Waals surface area contributed by atoms with Crippen molar-refractivity contribution < 1.29 is 18.6 Å². The van der Waals surface area contributed by atoms with Gasteiger partial charge in [0, 0.05) is 0 Å². The molecule has 122 valence electrons. The lowest BCUT2D eigenvalue weighted by molar-refractivity contribution is -0.0667. The fourth-order valence-corrected chi connectivity index (χ4v) is 2.63. The molecule has 1 heterocycles. The lowest BCUT2D eigenvalue weighted by Crippen LogP contribution is -2.34. The fourth-order valence-electron chi connectivity index (χ4n) is 2.63. The SMILES string of the molecule is FC1COC(COCc2ccccc2)C1OCc1ccccc1. The number of benzene rings is 2. The van der Waals surface area contributed by atoms with Crippen LogP contribution in [0.25, 0.3) is 0 Å². The van der Waals surface area contributed by atoms with Crippen molar-refractivity contribution in [1.29, 1.82) is 0 Å². The number of halogens is 1. The first kappa shape index (κ1) is 16.1. The Morgan fingerprint density at radius 3 is 2.17 bits per heavy atom. The molecule has 1 saturated heterocycles. The third-order valence-electron chi connectivity index (χ3n) is 3.87. The Hall–Kier alpha value is -1.75. The molecule has 4 heteroatoms. The van der Waals surface area contributed by atoms with Gasteiger partial charge in [-0.2, -0.15) is 0 Å². The fraction of sp³-hybridized carbons (Fsp3) is 0.368. The average molecular weight is 316 g/mol. The Labute approximate surface area is 136 Å². The Morgan fingerprint density at radius 1 is 0.913 bits per heavy atom. The summed E-state index contributed by atoms with van der Waals surface area (Å²) in [6.45, 7) is 1.27. The Balaban J connectivity index is 1.48. The van der Waals surface area contributed by atoms with E-state index < -0.39 is 12.3 Å². The minimum Gasteiger partial charge on any atom is -0.374 e. The third kappa shape index (κ3) is 4.61. The normalized spacial score (nSPS) is 24.0. The Kier molecular flexibility index (Phi) is 5.75. The van der Waals surface area contributed by atoms with Crippen molar-refractivity contribution in [1.82, 2.24) is 0 Å². The van der Waals surface area contributed by atoms with Gasteiger partial charge < -0.3 is 14.2 Å². The smallest absolute Gasteiger partial charge is 0.152 e. The van der Waals surface area contributed by atoms with Crippen LogP contribution in [0, 0.1) is 0 Å². The second kappa shape index (κ2) is 8.20. The summed E-state index contributed by atoms with van der Waals surface area (Å²) in [6, 6.07) is 19.6. The summed E-state index contributed by atoms with van der Waals surface area (Å²) in [5.74, 6) is 0. The summed E-state index contributed by atoms with van der Waals surface area (Å²) in [5, 5.41) is 0. The van der Waals surface area contributed by atoms with Crippen LogP contribution in [-0.4, -0.2) is 31.6 Å². The van der Waals surface area contributed by atoms with Crippen LogP contribution in [-0.2, 0) is 27.4 Å². The van der Waals surface area contributed by atoms with Crippen molar-refractivity contribution >= 4 is 0 Å². The number of ether oxygens (including phenoxy) is 3. The Morgan fingerprint density at radius 2 is 1.52 bits per heavy atom. The molecule has 0 amide bonds. The number of hydrogen-bond donors (Lipinski definition) is 0. The van der Waals surface area contributed by atoms with Crippen LogP contribution in [0.1, 0.15) is 11.1 Å². The molecule has 0 aliphatic carbocycles. The zero-order valence-corrected chi connectivity index (χ0v) is 12.9. The van der Waals surface area contributed by atoms with E-state index in [9.17, 15) is 4.39 Å². The van der Waals surface area contributed by atoms with Crippen LogP contribution in [0.15, 0.2) is 60.7 Å². The van der Waals surface area contributed by atoms with Gasteiger partial charge in [-0.25, -0.2) is 4.39 Å². The van der Waals surface area contributed by atoms with Gasteiger partial charge in [0.15, 0.2) is 6.17 Å². The highest BCUT2D eigenvalue weighted by Gasteiger charge is 2.38. The monoisotopic (exact) mass is 316 g/mol. The predicted molar refractivity (Wildman–Crippen MR) is 85.8 cm³/mol. The molecule has 0 spiro atoms. The van der Waals surface area contributed by atoms with Gasteiger partial charge in [0.05, 0.1) is 26.4 Å². The molecule has 0 radical (unpaired) electrons. The van der Waals surface area contributed by atoms with Gasteiger partial charge in [-0.1, -0.05) is 60.7 Å². The molecule has 3 atom stereocenters. The molecule has 1 aliphatic rings. The summed E-state index contributed by atoms with van der Waals surface area (Å²) >= 11 is 0. The van der Waals surface area contributed by atoms with Crippen molar-refractivity contribution in [3.63, 3.8) is 0 Å². The highest BCUT2D eigenvalue weighted by Crippen LogP contribution is 2.22. The van der Waals surface area contributed by atoms with Crippen LogP contribution >= 0.6 is 0 Å². The average Bonchev–Trinajstić information content (AvgIpc) is 2.95. The van der Waals surface area contributed by atoms with Gasteiger partial charge in [-0.15, -0.1) is 0 Å². The first-order valence-corrected chi connectivity index (χ1v) is 7.86. The predicted octanol–water partition coefficient (Wildman–Crippen LogP) is 3.53. The van der Waals surface area contributed by atoms with Gasteiger partial charge in [-0.3, -0.25) is 0 Å². The lowest BCUT2D eigenvalue weighted by atomic mass is 10.1. The lowest BCUT2D eigenvalue weighted by Gasteiger charge is -2.20. The minimum atomic E-state index is -1.11. The van der Waals surface area contributed by atoms with E-state index in [4.69, 9.17) is 14.2 Å². The zero-order valence-electron chi connectivity index (χ0n) is 12.9. The first-order chi connectivity index (χ1) is 11.3. The van der Waals surface area contributed by atoms with Crippen molar-refractivity contribution in [2.45, 2.75) is 31.6 Å². The summed E-state index contributed by atoms with van der Waals surface area (Å²) < 4.78 is 30.9. The molecule has 23 heavy (non-hydrogen) atoms. The molecule has 0 saturated carbocycles. The van der Waals surface area contributed by atoms with Crippen LogP contribution in [0.3, 0.4) is 0 Å². The molecule has 2 aromatic rings. The largest absolute Gasteiger partial charge is 0.374 e. The van der Waals surface area contributed by atoms with Gasteiger partial charge in [-0.05, 0) is 11.1 Å². The topological polar surface area (TPSA) is 27.7 Å². The van der Waals surface area contributed by atoms with Gasteiger partial charge in [0.1, 0.15) is 12.2 Å². The Bertz CT molecular complexity index is 576. The molecule has 3 rings (SSSR count). The van der Waals surface area contributed by atoms with Crippen molar-refractivity contribution in [3.05, 3.63) is 71.8 Å². The molecule has 1 aliphatic heterocycles. The van der Waals surface area contributed by atoms with E-state index in [-0.39, 0.29) is 12.7 Å². The maximum atomic E-state index is 14.0. The van der Waals surface area contributed by atoms with Crippen molar-refractivity contribution in [2.75, 3.05) is 13.2 Å². The highest BCUT2D eigenvalue weighted by atomic mass is 19.1. The molecule has 2 aromatic carbocycles. The van der Waals surface area contributed by atoms with E-state index in [0.717, 1.165) is 11.1 Å².